The van der Waals surface area contributed by atoms with Crippen LogP contribution in [0, 0.1) is 5.92 Å². The minimum absolute atomic E-state index is 0.222. The summed E-state index contributed by atoms with van der Waals surface area (Å²) in [5.74, 6) is 0.536. The molecule has 2 heteroatoms. The molecule has 1 unspecified atom stereocenters. The van der Waals surface area contributed by atoms with Gasteiger partial charge in [-0.25, -0.2) is 0 Å². The van der Waals surface area contributed by atoms with E-state index < -0.39 is 0 Å². The highest BCUT2D eigenvalue weighted by atomic mass is 32.1. The van der Waals surface area contributed by atoms with Gasteiger partial charge in [0.2, 0.25) is 0 Å². The average molecular weight is 183 g/mol. The van der Waals surface area contributed by atoms with Crippen LogP contribution in [0.15, 0.2) is 11.4 Å². The van der Waals surface area contributed by atoms with Crippen molar-refractivity contribution < 1.29 is 0 Å². The molecule has 0 aromatic carbocycles. The number of nitrogens with two attached hydrogens (primary N) is 1. The summed E-state index contributed by atoms with van der Waals surface area (Å²) in [5.41, 5.74) is 7.49. The van der Waals surface area contributed by atoms with Crippen molar-refractivity contribution in [3.63, 3.8) is 0 Å². The smallest absolute Gasteiger partial charge is 0.0415 e. The van der Waals surface area contributed by atoms with Crippen molar-refractivity contribution in [1.29, 1.82) is 0 Å². The second-order valence-corrected chi connectivity index (χ2v) is 4.38. The van der Waals surface area contributed by atoms with Crippen LogP contribution in [0.3, 0.4) is 0 Å². The molecule has 1 nitrogen and oxygen atoms in total. The number of hydrogen-bond donors (Lipinski definition) is 1. The Labute approximate surface area is 78.6 Å². The van der Waals surface area contributed by atoms with Gasteiger partial charge in [0.25, 0.3) is 0 Å². The average Bonchev–Trinajstić information content (AvgIpc) is 2.49. The maximum atomic E-state index is 6.07. The third-order valence-electron chi connectivity index (χ3n) is 2.18. The molecular weight excluding hydrogens is 166 g/mol. The Kier molecular flexibility index (Phi) is 3.29. The molecule has 0 radical (unpaired) electrons. The molecule has 2 N–H and O–H groups in total. The summed E-state index contributed by atoms with van der Waals surface area (Å²) in [6.45, 7) is 6.52. The first-order valence-corrected chi connectivity index (χ1v) is 5.36. The minimum atomic E-state index is 0.222. The predicted molar refractivity (Wildman–Crippen MR) is 55.5 cm³/mol. The van der Waals surface area contributed by atoms with Gasteiger partial charge >= 0.3 is 0 Å². The van der Waals surface area contributed by atoms with Crippen molar-refractivity contribution in [2.45, 2.75) is 33.2 Å². The third kappa shape index (κ3) is 1.87. The summed E-state index contributed by atoms with van der Waals surface area (Å²) >= 11 is 1.79. The van der Waals surface area contributed by atoms with E-state index in [1.807, 2.05) is 0 Å². The zero-order valence-electron chi connectivity index (χ0n) is 8.00. The lowest BCUT2D eigenvalue weighted by atomic mass is 10.0. The van der Waals surface area contributed by atoms with E-state index in [9.17, 15) is 0 Å². The molecule has 0 amide bonds. The Morgan fingerprint density at radius 1 is 1.50 bits per heavy atom. The van der Waals surface area contributed by atoms with Crippen LogP contribution >= 0.6 is 11.3 Å². The first-order chi connectivity index (χ1) is 5.66. The highest BCUT2D eigenvalue weighted by molar-refractivity contribution is 7.10. The lowest BCUT2D eigenvalue weighted by Crippen LogP contribution is -2.16. The summed E-state index contributed by atoms with van der Waals surface area (Å²) in [6.07, 6.45) is 1.10. The van der Waals surface area contributed by atoms with Crippen molar-refractivity contribution in [3.05, 3.63) is 21.9 Å². The lowest BCUT2D eigenvalue weighted by molar-refractivity contribution is 0.518. The van der Waals surface area contributed by atoms with Gasteiger partial charge in [0.05, 0.1) is 0 Å². The van der Waals surface area contributed by atoms with E-state index in [-0.39, 0.29) is 6.04 Å². The molecule has 1 atom stereocenters. The molecule has 68 valence electrons. The minimum Gasteiger partial charge on any atom is -0.323 e. The zero-order chi connectivity index (χ0) is 9.14. The first kappa shape index (κ1) is 9.75. The fourth-order valence-corrected chi connectivity index (χ4v) is 2.41. The van der Waals surface area contributed by atoms with Gasteiger partial charge in [-0.05, 0) is 29.3 Å². The molecule has 1 rings (SSSR count). The van der Waals surface area contributed by atoms with E-state index in [0.29, 0.717) is 5.92 Å². The van der Waals surface area contributed by atoms with Crippen LogP contribution in [0.25, 0.3) is 0 Å². The van der Waals surface area contributed by atoms with Crippen LogP contribution in [-0.2, 0) is 6.42 Å². The second kappa shape index (κ2) is 4.06. The van der Waals surface area contributed by atoms with E-state index >= 15 is 0 Å². The highest BCUT2D eigenvalue weighted by Gasteiger charge is 2.14. The molecular formula is C10H17NS. The summed E-state index contributed by atoms with van der Waals surface area (Å²) in [6, 6.07) is 2.40. The number of aryl methyl sites for hydroxylation is 1. The van der Waals surface area contributed by atoms with E-state index in [4.69, 9.17) is 5.73 Å². The maximum Gasteiger partial charge on any atom is 0.0415 e. The Bertz CT molecular complexity index is 240. The molecule has 12 heavy (non-hydrogen) atoms. The summed E-state index contributed by atoms with van der Waals surface area (Å²) < 4.78 is 0. The van der Waals surface area contributed by atoms with Crippen molar-refractivity contribution >= 4 is 11.3 Å². The SMILES string of the molecule is CCc1ccsc1C(N)C(C)C. The highest BCUT2D eigenvalue weighted by Crippen LogP contribution is 2.27. The Balaban J connectivity index is 2.86. The molecule has 0 aliphatic rings. The Hall–Kier alpha value is -0.340. The van der Waals surface area contributed by atoms with Crippen LogP contribution in [0.1, 0.15) is 37.3 Å². The topological polar surface area (TPSA) is 26.0 Å². The lowest BCUT2D eigenvalue weighted by Gasteiger charge is -2.15. The molecule has 0 saturated heterocycles. The van der Waals surface area contributed by atoms with E-state index in [0.717, 1.165) is 6.42 Å². The molecule has 0 saturated carbocycles. The molecule has 0 spiro atoms. The number of thiophene rings is 1. The summed E-state index contributed by atoms with van der Waals surface area (Å²) in [4.78, 5) is 1.37. The third-order valence-corrected chi connectivity index (χ3v) is 3.24. The zero-order valence-corrected chi connectivity index (χ0v) is 8.82. The van der Waals surface area contributed by atoms with Gasteiger partial charge in [0.1, 0.15) is 0 Å². The quantitative estimate of drug-likeness (QED) is 0.766. The summed E-state index contributed by atoms with van der Waals surface area (Å²) in [5, 5.41) is 2.14. The molecule has 1 aromatic rings. The fourth-order valence-electron chi connectivity index (χ4n) is 1.23. The van der Waals surface area contributed by atoms with Crippen molar-refractivity contribution in [1.82, 2.24) is 0 Å². The normalized spacial score (nSPS) is 13.8. The Morgan fingerprint density at radius 2 is 2.17 bits per heavy atom. The molecule has 0 aliphatic carbocycles. The second-order valence-electron chi connectivity index (χ2n) is 3.43. The molecule has 0 aliphatic heterocycles. The van der Waals surface area contributed by atoms with Gasteiger partial charge in [-0.2, -0.15) is 0 Å². The van der Waals surface area contributed by atoms with Gasteiger partial charge in [-0.1, -0.05) is 20.8 Å². The standard InChI is InChI=1S/C10H17NS/c1-4-8-5-6-12-10(8)9(11)7(2)3/h5-7,9H,4,11H2,1-3H3. The van der Waals surface area contributed by atoms with Gasteiger partial charge in [-0.3, -0.25) is 0 Å². The van der Waals surface area contributed by atoms with Gasteiger partial charge < -0.3 is 5.73 Å². The van der Waals surface area contributed by atoms with Crippen molar-refractivity contribution in [2.24, 2.45) is 11.7 Å². The van der Waals surface area contributed by atoms with E-state index in [1.165, 1.54) is 10.4 Å². The summed E-state index contributed by atoms with van der Waals surface area (Å²) in [7, 11) is 0. The maximum absolute atomic E-state index is 6.07. The largest absolute Gasteiger partial charge is 0.323 e. The number of rotatable bonds is 3. The predicted octanol–water partition coefficient (Wildman–Crippen LogP) is 2.97. The van der Waals surface area contributed by atoms with E-state index in [2.05, 4.69) is 32.2 Å². The molecule has 1 aromatic heterocycles. The van der Waals surface area contributed by atoms with Gasteiger partial charge in [-0.15, -0.1) is 11.3 Å². The van der Waals surface area contributed by atoms with Crippen LogP contribution in [-0.4, -0.2) is 0 Å². The number of hydrogen-bond acceptors (Lipinski definition) is 2. The van der Waals surface area contributed by atoms with Gasteiger partial charge in [0, 0.05) is 10.9 Å². The van der Waals surface area contributed by atoms with E-state index in [1.54, 1.807) is 11.3 Å². The Morgan fingerprint density at radius 3 is 2.67 bits per heavy atom. The van der Waals surface area contributed by atoms with Crippen LogP contribution in [0.2, 0.25) is 0 Å². The first-order valence-electron chi connectivity index (χ1n) is 4.48. The molecule has 1 heterocycles. The monoisotopic (exact) mass is 183 g/mol. The van der Waals surface area contributed by atoms with Crippen LogP contribution in [0.5, 0.6) is 0 Å². The fraction of sp³-hybridized carbons (Fsp3) is 0.600. The van der Waals surface area contributed by atoms with Crippen LogP contribution < -0.4 is 5.73 Å². The van der Waals surface area contributed by atoms with Crippen molar-refractivity contribution in [3.8, 4) is 0 Å². The molecule has 0 fully saturated rings. The van der Waals surface area contributed by atoms with Gasteiger partial charge in [0.15, 0.2) is 0 Å². The molecule has 0 bridgehead atoms. The van der Waals surface area contributed by atoms with Crippen LogP contribution in [0.4, 0.5) is 0 Å². The van der Waals surface area contributed by atoms with Crippen molar-refractivity contribution in [2.75, 3.05) is 0 Å².